The van der Waals surface area contributed by atoms with Crippen LogP contribution in [0.3, 0.4) is 0 Å². The number of nitrogens with zero attached hydrogens (tertiary/aromatic N) is 2. The van der Waals surface area contributed by atoms with E-state index >= 15 is 0 Å². The number of nitrogens with two attached hydrogens (primary N) is 2. The molecule has 1 aromatic heterocycles. The van der Waals surface area contributed by atoms with Crippen molar-refractivity contribution in [1.82, 2.24) is 4.98 Å². The van der Waals surface area contributed by atoms with E-state index in [4.69, 9.17) is 16.6 Å². The lowest BCUT2D eigenvalue weighted by atomic mass is 9.96. The van der Waals surface area contributed by atoms with E-state index in [0.717, 1.165) is 22.9 Å². The van der Waals surface area contributed by atoms with Gasteiger partial charge in [0.2, 0.25) is 0 Å². The Hall–Kier alpha value is -4.04. The molecule has 2 heterocycles. The van der Waals surface area contributed by atoms with E-state index in [9.17, 15) is 14.4 Å². The predicted molar refractivity (Wildman–Crippen MR) is 124 cm³/mol. The molecule has 0 saturated heterocycles. The Morgan fingerprint density at radius 3 is 2.56 bits per heavy atom. The maximum absolute atomic E-state index is 11.6. The smallest absolute Gasteiger partial charge is 0.337 e. The first-order valence-electron chi connectivity index (χ1n) is 10.1. The van der Waals surface area contributed by atoms with Crippen molar-refractivity contribution in [2.24, 2.45) is 5.73 Å². The molecule has 0 fully saturated rings. The van der Waals surface area contributed by atoms with Crippen LogP contribution in [0.15, 0.2) is 64.3 Å². The zero-order valence-corrected chi connectivity index (χ0v) is 17.2. The number of pyridine rings is 1. The third kappa shape index (κ3) is 3.83. The van der Waals surface area contributed by atoms with Crippen LogP contribution in [0, 0.1) is 0 Å². The number of fused-ring (bicyclic) bond motifs is 2. The van der Waals surface area contributed by atoms with Crippen LogP contribution in [0.1, 0.15) is 27.0 Å². The number of anilines is 2. The number of nitrogen functional groups attached to an aromatic ring is 1. The molecule has 0 unspecified atom stereocenters. The summed E-state index contributed by atoms with van der Waals surface area (Å²) >= 11 is 0. The van der Waals surface area contributed by atoms with Crippen LogP contribution in [0.2, 0.25) is 0 Å². The molecule has 1 aliphatic rings. The van der Waals surface area contributed by atoms with Crippen molar-refractivity contribution >= 4 is 28.2 Å². The number of rotatable bonds is 3. The van der Waals surface area contributed by atoms with E-state index in [2.05, 4.69) is 17.1 Å². The van der Waals surface area contributed by atoms with Crippen molar-refractivity contribution in [2.75, 3.05) is 17.2 Å². The molecule has 8 heteroatoms. The molecule has 5 N–H and O–H groups in total. The molecule has 32 heavy (non-hydrogen) atoms. The number of aromatic carboxylic acids is 1. The molecule has 0 radical (unpaired) electrons. The van der Waals surface area contributed by atoms with E-state index < -0.39 is 16.8 Å². The minimum Gasteiger partial charge on any atom is -0.478 e. The molecule has 0 saturated carbocycles. The average Bonchev–Trinajstić information content (AvgIpc) is 2.83. The van der Waals surface area contributed by atoms with Crippen LogP contribution in [-0.2, 0) is 19.5 Å². The van der Waals surface area contributed by atoms with Crippen molar-refractivity contribution in [3.8, 4) is 0 Å². The van der Waals surface area contributed by atoms with Gasteiger partial charge < -0.3 is 21.5 Å². The number of para-hydroxylation sites is 1. The molecule has 5 rings (SSSR count). The molecule has 0 amide bonds. The predicted octanol–water partition coefficient (Wildman–Crippen LogP) is 1.82. The lowest BCUT2D eigenvalue weighted by Gasteiger charge is -2.31. The molecular formula is C24H22N4O4. The highest BCUT2D eigenvalue weighted by molar-refractivity contribution is 6.01. The van der Waals surface area contributed by atoms with Gasteiger partial charge in [0.25, 0.3) is 10.9 Å². The number of carbonyl (C=O) groups is 1. The largest absolute Gasteiger partial charge is 0.478 e. The van der Waals surface area contributed by atoms with E-state index in [0.29, 0.717) is 30.8 Å². The van der Waals surface area contributed by atoms with Gasteiger partial charge in [-0.2, -0.15) is 0 Å². The Kier molecular flexibility index (Phi) is 5.70. The quantitative estimate of drug-likeness (QED) is 0.418. The van der Waals surface area contributed by atoms with Crippen molar-refractivity contribution in [3.63, 3.8) is 0 Å². The summed E-state index contributed by atoms with van der Waals surface area (Å²) in [6.45, 7) is 1.82. The summed E-state index contributed by atoms with van der Waals surface area (Å²) < 4.78 is 0. The highest BCUT2D eigenvalue weighted by Crippen LogP contribution is 2.26. The Labute approximate surface area is 183 Å². The molecule has 0 spiro atoms. The third-order valence-electron chi connectivity index (χ3n) is 5.62. The highest BCUT2D eigenvalue weighted by Gasteiger charge is 2.26. The van der Waals surface area contributed by atoms with Crippen LogP contribution in [0.4, 0.5) is 11.4 Å². The summed E-state index contributed by atoms with van der Waals surface area (Å²) in [5.41, 5.74) is 15.0. The van der Waals surface area contributed by atoms with Gasteiger partial charge in [-0.15, -0.1) is 0 Å². The Morgan fingerprint density at radius 1 is 1.06 bits per heavy atom. The monoisotopic (exact) mass is 430 g/mol. The molecule has 3 aromatic carbocycles. The maximum atomic E-state index is 11.6. The van der Waals surface area contributed by atoms with E-state index in [1.807, 2.05) is 23.1 Å². The van der Waals surface area contributed by atoms with Gasteiger partial charge in [0, 0.05) is 31.2 Å². The van der Waals surface area contributed by atoms with E-state index in [1.165, 1.54) is 5.56 Å². The van der Waals surface area contributed by atoms with Gasteiger partial charge in [-0.05, 0) is 35.2 Å². The molecule has 0 atom stereocenters. The average molecular weight is 430 g/mol. The summed E-state index contributed by atoms with van der Waals surface area (Å²) in [4.78, 5) is 39.4. The highest BCUT2D eigenvalue weighted by atomic mass is 16.4. The minimum atomic E-state index is -0.940. The zero-order chi connectivity index (χ0) is 22.8. The second-order valence-corrected chi connectivity index (χ2v) is 7.59. The topological polar surface area (TPSA) is 140 Å². The second kappa shape index (κ2) is 8.60. The zero-order valence-electron chi connectivity index (χ0n) is 17.2. The molecule has 1 aliphatic heterocycles. The molecule has 0 bridgehead atoms. The van der Waals surface area contributed by atoms with Crippen molar-refractivity contribution in [3.05, 3.63) is 97.4 Å². The lowest BCUT2D eigenvalue weighted by Crippen LogP contribution is -2.44. The normalized spacial score (nSPS) is 12.8. The molecule has 162 valence electrons. The summed E-state index contributed by atoms with van der Waals surface area (Å²) in [6, 6.07) is 14.9. The number of hydrogen-bond acceptors (Lipinski definition) is 7. The standard InChI is InChI=1S/C14H15N3O2.C10H7NO2/c15-6-8-1-2-9-3-4-17(7-10(9)5-8)12-11(16)13(18)14(12)19;12-10(13)8-5-1-3-7-4-2-6-11-9(7)8/h1-2,5H,3-4,6-7,15-16H2;1-6H,(H,12,13). The maximum Gasteiger partial charge on any atom is 0.337 e. The first-order valence-corrected chi connectivity index (χ1v) is 10.1. The van der Waals surface area contributed by atoms with Gasteiger partial charge in [0.15, 0.2) is 0 Å². The number of benzene rings is 2. The molecule has 8 nitrogen and oxygen atoms in total. The van der Waals surface area contributed by atoms with Gasteiger partial charge in [-0.25, -0.2) is 4.79 Å². The van der Waals surface area contributed by atoms with E-state index in [1.54, 1.807) is 24.4 Å². The summed E-state index contributed by atoms with van der Waals surface area (Å²) in [5, 5.41) is 9.69. The van der Waals surface area contributed by atoms with Crippen molar-refractivity contribution in [1.29, 1.82) is 0 Å². The number of carboxylic acids is 1. The van der Waals surface area contributed by atoms with Gasteiger partial charge in [-0.3, -0.25) is 14.6 Å². The van der Waals surface area contributed by atoms with Crippen molar-refractivity contribution < 1.29 is 9.90 Å². The number of carboxylic acid groups (broad SMARTS) is 1. The SMILES string of the molecule is NCc1ccc2c(c1)CN(c1c(N)c(=O)c1=O)CC2.O=C(O)c1cccc2cccnc12. The van der Waals surface area contributed by atoms with Gasteiger partial charge in [0.1, 0.15) is 11.4 Å². The minimum absolute atomic E-state index is 0.100. The fourth-order valence-corrected chi connectivity index (χ4v) is 3.92. The second-order valence-electron chi connectivity index (χ2n) is 7.59. The van der Waals surface area contributed by atoms with Crippen LogP contribution in [0.5, 0.6) is 0 Å². The molecular weight excluding hydrogens is 408 g/mol. The Morgan fingerprint density at radius 2 is 1.84 bits per heavy atom. The number of aromatic nitrogens is 1. The molecule has 0 aliphatic carbocycles. The van der Waals surface area contributed by atoms with Gasteiger partial charge in [-0.1, -0.05) is 36.4 Å². The number of hydrogen-bond donors (Lipinski definition) is 3. The first-order chi connectivity index (χ1) is 15.4. The Bertz CT molecular complexity index is 1380. The van der Waals surface area contributed by atoms with Crippen LogP contribution < -0.4 is 27.2 Å². The van der Waals surface area contributed by atoms with Gasteiger partial charge in [0.05, 0.1) is 11.1 Å². The fraction of sp³-hybridized carbons (Fsp3) is 0.167. The van der Waals surface area contributed by atoms with E-state index in [-0.39, 0.29) is 11.3 Å². The van der Waals surface area contributed by atoms with Gasteiger partial charge >= 0.3 is 5.97 Å². The summed E-state index contributed by atoms with van der Waals surface area (Å²) in [6.07, 6.45) is 2.44. The van der Waals surface area contributed by atoms with Crippen LogP contribution in [0.25, 0.3) is 10.9 Å². The lowest BCUT2D eigenvalue weighted by molar-refractivity contribution is 0.0699. The summed E-state index contributed by atoms with van der Waals surface area (Å²) in [7, 11) is 0. The van der Waals surface area contributed by atoms with Crippen LogP contribution >= 0.6 is 0 Å². The van der Waals surface area contributed by atoms with Crippen molar-refractivity contribution in [2.45, 2.75) is 19.5 Å². The fourth-order valence-electron chi connectivity index (χ4n) is 3.92. The Balaban J connectivity index is 0.000000165. The third-order valence-corrected chi connectivity index (χ3v) is 5.62. The molecule has 4 aromatic rings. The van der Waals surface area contributed by atoms with Crippen LogP contribution in [-0.4, -0.2) is 22.6 Å². The first kappa shape index (κ1) is 21.2. The summed E-state index contributed by atoms with van der Waals surface area (Å²) in [5.74, 6) is -0.940.